The van der Waals surface area contributed by atoms with Crippen LogP contribution in [0, 0.1) is 17.8 Å². The molecule has 2 nitrogen and oxygen atoms in total. The van der Waals surface area contributed by atoms with Crippen LogP contribution in [0.5, 0.6) is 5.75 Å². The van der Waals surface area contributed by atoms with Gasteiger partial charge in [-0.05, 0) is 62.1 Å². The predicted octanol–water partition coefficient (Wildman–Crippen LogP) is 3.52. The summed E-state index contributed by atoms with van der Waals surface area (Å²) in [6.07, 6.45) is 4.42. The van der Waals surface area contributed by atoms with E-state index in [-0.39, 0.29) is 12.1 Å². The van der Waals surface area contributed by atoms with Gasteiger partial charge in [0.25, 0.3) is 0 Å². The number of hydrogen-bond donors (Lipinski definition) is 1. The summed E-state index contributed by atoms with van der Waals surface area (Å²) in [5.41, 5.74) is 7.68. The molecule has 0 bridgehead atoms. The van der Waals surface area contributed by atoms with Gasteiger partial charge in [0.15, 0.2) is 0 Å². The van der Waals surface area contributed by atoms with Crippen molar-refractivity contribution in [1.82, 2.24) is 0 Å². The van der Waals surface area contributed by atoms with Gasteiger partial charge in [-0.2, -0.15) is 0 Å². The average molecular weight is 245 g/mol. The minimum absolute atomic E-state index is 0.205. The summed E-state index contributed by atoms with van der Waals surface area (Å²) >= 11 is 0. The van der Waals surface area contributed by atoms with E-state index in [2.05, 4.69) is 32.0 Å². The lowest BCUT2D eigenvalue weighted by molar-refractivity contribution is 0.242. The third-order valence-electron chi connectivity index (χ3n) is 4.50. The van der Waals surface area contributed by atoms with Gasteiger partial charge in [-0.15, -0.1) is 0 Å². The van der Waals surface area contributed by atoms with Crippen LogP contribution in [-0.4, -0.2) is 6.10 Å². The third kappa shape index (κ3) is 2.14. The Labute approximate surface area is 110 Å². The summed E-state index contributed by atoms with van der Waals surface area (Å²) in [6, 6.07) is 8.55. The monoisotopic (exact) mass is 245 g/mol. The fourth-order valence-electron chi connectivity index (χ4n) is 3.70. The molecule has 2 heteroatoms. The Morgan fingerprint density at radius 1 is 1.22 bits per heavy atom. The topological polar surface area (TPSA) is 35.2 Å². The van der Waals surface area contributed by atoms with Crippen LogP contribution in [0.15, 0.2) is 24.3 Å². The maximum atomic E-state index is 6.43. The molecule has 1 aromatic carbocycles. The Morgan fingerprint density at radius 3 is 2.61 bits per heavy atom. The van der Waals surface area contributed by atoms with Crippen LogP contribution in [0.1, 0.15) is 44.7 Å². The molecular formula is C16H23NO. The molecule has 3 atom stereocenters. The molecule has 0 amide bonds. The number of ether oxygens (including phenoxy) is 1. The maximum Gasteiger partial charge on any atom is 0.120 e. The summed E-state index contributed by atoms with van der Waals surface area (Å²) in [5.74, 6) is 3.50. The second kappa shape index (κ2) is 4.58. The van der Waals surface area contributed by atoms with Crippen molar-refractivity contribution in [1.29, 1.82) is 0 Å². The largest absolute Gasteiger partial charge is 0.491 e. The van der Waals surface area contributed by atoms with E-state index >= 15 is 0 Å². The first kappa shape index (κ1) is 12.0. The quantitative estimate of drug-likeness (QED) is 0.881. The summed E-state index contributed by atoms with van der Waals surface area (Å²) in [6.45, 7) is 4.11. The highest BCUT2D eigenvalue weighted by Gasteiger charge is 2.55. The van der Waals surface area contributed by atoms with Crippen molar-refractivity contribution in [3.05, 3.63) is 29.8 Å². The molecule has 18 heavy (non-hydrogen) atoms. The molecule has 3 rings (SSSR count). The summed E-state index contributed by atoms with van der Waals surface area (Å²) in [7, 11) is 0. The van der Waals surface area contributed by atoms with Crippen molar-refractivity contribution >= 4 is 0 Å². The van der Waals surface area contributed by atoms with Crippen molar-refractivity contribution in [2.24, 2.45) is 23.5 Å². The van der Waals surface area contributed by atoms with Crippen molar-refractivity contribution in [2.45, 2.75) is 45.3 Å². The number of rotatable bonds is 4. The zero-order valence-electron chi connectivity index (χ0n) is 11.3. The lowest BCUT2D eigenvalue weighted by atomic mass is 9.97. The van der Waals surface area contributed by atoms with Gasteiger partial charge in [-0.3, -0.25) is 0 Å². The van der Waals surface area contributed by atoms with Crippen LogP contribution in [0.2, 0.25) is 0 Å². The second-order valence-electron chi connectivity index (χ2n) is 6.10. The molecule has 1 aromatic rings. The second-order valence-corrected chi connectivity index (χ2v) is 6.10. The molecular weight excluding hydrogens is 222 g/mol. The molecule has 0 radical (unpaired) electrons. The highest BCUT2D eigenvalue weighted by molar-refractivity contribution is 5.32. The minimum atomic E-state index is 0.205. The van der Waals surface area contributed by atoms with Gasteiger partial charge in [-0.25, -0.2) is 0 Å². The molecule has 0 aliphatic heterocycles. The molecule has 2 saturated carbocycles. The van der Waals surface area contributed by atoms with Crippen LogP contribution >= 0.6 is 0 Å². The van der Waals surface area contributed by atoms with Crippen molar-refractivity contribution in [2.75, 3.05) is 0 Å². The van der Waals surface area contributed by atoms with E-state index in [1.54, 1.807) is 0 Å². The number of nitrogens with two attached hydrogens (primary N) is 1. The lowest BCUT2D eigenvalue weighted by Crippen LogP contribution is -2.16. The molecule has 3 unspecified atom stereocenters. The Hall–Kier alpha value is -1.02. The Morgan fingerprint density at radius 2 is 1.94 bits per heavy atom. The number of fused-ring (bicyclic) bond motifs is 1. The standard InChI is InChI=1S/C16H23NO/c1-10(2)18-12-6-3-5-11(9-12)16(17)15-13-7-4-8-14(13)15/h3,5-6,9-10,13-16H,4,7-8,17H2,1-2H3. The van der Waals surface area contributed by atoms with E-state index in [1.807, 2.05) is 6.07 Å². The Kier molecular flexibility index (Phi) is 3.06. The minimum Gasteiger partial charge on any atom is -0.491 e. The first-order chi connectivity index (χ1) is 8.66. The van der Waals surface area contributed by atoms with Crippen LogP contribution in [-0.2, 0) is 0 Å². The highest BCUT2D eigenvalue weighted by atomic mass is 16.5. The van der Waals surface area contributed by atoms with Gasteiger partial charge in [-0.1, -0.05) is 18.6 Å². The molecule has 0 spiro atoms. The highest BCUT2D eigenvalue weighted by Crippen LogP contribution is 2.61. The fourth-order valence-corrected chi connectivity index (χ4v) is 3.70. The van der Waals surface area contributed by atoms with Crippen molar-refractivity contribution < 1.29 is 4.74 Å². The van der Waals surface area contributed by atoms with Gasteiger partial charge < -0.3 is 10.5 Å². The molecule has 0 saturated heterocycles. The van der Waals surface area contributed by atoms with E-state index < -0.39 is 0 Å². The Bertz CT molecular complexity index is 419. The van der Waals surface area contributed by atoms with Gasteiger partial charge in [0.2, 0.25) is 0 Å². The molecule has 2 fully saturated rings. The van der Waals surface area contributed by atoms with Crippen LogP contribution in [0.25, 0.3) is 0 Å². The first-order valence-corrected chi connectivity index (χ1v) is 7.19. The van der Waals surface area contributed by atoms with Crippen LogP contribution < -0.4 is 10.5 Å². The van der Waals surface area contributed by atoms with Crippen molar-refractivity contribution in [3.63, 3.8) is 0 Å². The Balaban J connectivity index is 1.72. The zero-order valence-corrected chi connectivity index (χ0v) is 11.3. The molecule has 98 valence electrons. The smallest absolute Gasteiger partial charge is 0.120 e. The van der Waals surface area contributed by atoms with E-state index in [1.165, 1.54) is 24.8 Å². The third-order valence-corrected chi connectivity index (χ3v) is 4.50. The SMILES string of the molecule is CC(C)Oc1cccc(C(N)C2C3CCCC32)c1. The van der Waals surface area contributed by atoms with Gasteiger partial charge in [0.1, 0.15) is 5.75 Å². The predicted molar refractivity (Wildman–Crippen MR) is 73.5 cm³/mol. The van der Waals surface area contributed by atoms with E-state index in [4.69, 9.17) is 10.5 Å². The van der Waals surface area contributed by atoms with Gasteiger partial charge >= 0.3 is 0 Å². The van der Waals surface area contributed by atoms with Gasteiger partial charge in [0, 0.05) is 6.04 Å². The van der Waals surface area contributed by atoms with Crippen LogP contribution in [0.4, 0.5) is 0 Å². The summed E-state index contributed by atoms with van der Waals surface area (Å²) < 4.78 is 5.74. The normalized spacial score (nSPS) is 31.2. The maximum absolute atomic E-state index is 6.43. The fraction of sp³-hybridized carbons (Fsp3) is 0.625. The molecule has 2 aliphatic rings. The molecule has 2 aliphatic carbocycles. The summed E-state index contributed by atoms with van der Waals surface area (Å²) in [5, 5.41) is 0. The average Bonchev–Trinajstić information content (AvgIpc) is 2.80. The van der Waals surface area contributed by atoms with Gasteiger partial charge in [0.05, 0.1) is 6.10 Å². The first-order valence-electron chi connectivity index (χ1n) is 7.19. The number of benzene rings is 1. The lowest BCUT2D eigenvalue weighted by Gasteiger charge is -2.16. The van der Waals surface area contributed by atoms with E-state index in [0.29, 0.717) is 0 Å². The zero-order chi connectivity index (χ0) is 12.7. The van der Waals surface area contributed by atoms with E-state index in [0.717, 1.165) is 23.5 Å². The van der Waals surface area contributed by atoms with E-state index in [9.17, 15) is 0 Å². The van der Waals surface area contributed by atoms with Crippen LogP contribution in [0.3, 0.4) is 0 Å². The van der Waals surface area contributed by atoms with Crippen molar-refractivity contribution in [3.8, 4) is 5.75 Å². The molecule has 0 aromatic heterocycles. The molecule has 2 N–H and O–H groups in total. The number of hydrogen-bond acceptors (Lipinski definition) is 2. The molecule has 0 heterocycles. The summed E-state index contributed by atoms with van der Waals surface area (Å²) in [4.78, 5) is 0.